The normalized spacial score (nSPS) is 22.6. The molecule has 1 saturated heterocycles. The average Bonchev–Trinajstić information content (AvgIpc) is 2.52. The molecule has 6 nitrogen and oxygen atoms in total. The molecule has 27 heavy (non-hydrogen) atoms. The third-order valence-electron chi connectivity index (χ3n) is 4.67. The highest BCUT2D eigenvalue weighted by Gasteiger charge is 2.23. The van der Waals surface area contributed by atoms with E-state index in [0.717, 1.165) is 19.6 Å². The highest BCUT2D eigenvalue weighted by atomic mass is 32.2. The SMILES string of the molecule is CC1CC(C)CN(CC(C)NC(=O)c2ccc(S(=O)(=O)NC(C)C)cc2)C1. The van der Waals surface area contributed by atoms with E-state index in [1.54, 1.807) is 26.0 Å². The number of carbonyl (C=O) groups excluding carboxylic acids is 1. The first-order chi connectivity index (χ1) is 12.6. The van der Waals surface area contributed by atoms with Gasteiger partial charge in [-0.3, -0.25) is 4.79 Å². The van der Waals surface area contributed by atoms with Gasteiger partial charge in [0.1, 0.15) is 0 Å². The Hall–Kier alpha value is -1.44. The van der Waals surface area contributed by atoms with Crippen molar-refractivity contribution in [3.05, 3.63) is 29.8 Å². The van der Waals surface area contributed by atoms with E-state index in [1.165, 1.54) is 18.6 Å². The number of sulfonamides is 1. The topological polar surface area (TPSA) is 78.5 Å². The molecule has 3 unspecified atom stereocenters. The molecule has 0 bridgehead atoms. The summed E-state index contributed by atoms with van der Waals surface area (Å²) in [6.45, 7) is 13.1. The van der Waals surface area contributed by atoms with E-state index in [2.05, 4.69) is 28.8 Å². The molecule has 152 valence electrons. The number of piperidine rings is 1. The van der Waals surface area contributed by atoms with Gasteiger partial charge in [-0.15, -0.1) is 0 Å². The summed E-state index contributed by atoms with van der Waals surface area (Å²) < 4.78 is 26.9. The summed E-state index contributed by atoms with van der Waals surface area (Å²) in [6, 6.07) is 5.90. The Kier molecular flexibility index (Phi) is 7.42. The van der Waals surface area contributed by atoms with Crippen molar-refractivity contribution >= 4 is 15.9 Å². The van der Waals surface area contributed by atoms with Crippen LogP contribution in [0.4, 0.5) is 0 Å². The molecule has 0 spiro atoms. The minimum Gasteiger partial charge on any atom is -0.348 e. The van der Waals surface area contributed by atoms with Crippen LogP contribution in [0.1, 0.15) is 51.4 Å². The fraction of sp³-hybridized carbons (Fsp3) is 0.650. The molecule has 0 radical (unpaired) electrons. The zero-order valence-corrected chi connectivity index (χ0v) is 17.8. The molecule has 1 aliphatic rings. The second-order valence-electron chi connectivity index (χ2n) is 8.34. The maximum absolute atomic E-state index is 12.5. The Morgan fingerprint density at radius 3 is 2.19 bits per heavy atom. The molecular formula is C20H33N3O3S. The minimum atomic E-state index is -3.54. The van der Waals surface area contributed by atoms with Gasteiger partial charge < -0.3 is 10.2 Å². The molecule has 0 aliphatic carbocycles. The van der Waals surface area contributed by atoms with Gasteiger partial charge in [-0.1, -0.05) is 13.8 Å². The lowest BCUT2D eigenvalue weighted by atomic mass is 9.92. The number of benzene rings is 1. The van der Waals surface area contributed by atoms with Crippen molar-refractivity contribution in [2.24, 2.45) is 11.8 Å². The summed E-state index contributed by atoms with van der Waals surface area (Å²) in [4.78, 5) is 15.0. The Labute approximate surface area is 163 Å². The van der Waals surface area contributed by atoms with Crippen molar-refractivity contribution in [1.29, 1.82) is 0 Å². The van der Waals surface area contributed by atoms with Crippen molar-refractivity contribution < 1.29 is 13.2 Å². The molecule has 7 heteroatoms. The predicted molar refractivity (Wildman–Crippen MR) is 108 cm³/mol. The number of hydrogen-bond donors (Lipinski definition) is 2. The molecule has 1 aliphatic heterocycles. The number of amides is 1. The van der Waals surface area contributed by atoms with Gasteiger partial charge in [-0.2, -0.15) is 0 Å². The zero-order chi connectivity index (χ0) is 20.2. The van der Waals surface area contributed by atoms with Crippen molar-refractivity contribution in [1.82, 2.24) is 14.9 Å². The van der Waals surface area contributed by atoms with E-state index in [0.29, 0.717) is 17.4 Å². The summed E-state index contributed by atoms with van der Waals surface area (Å²) >= 11 is 0. The van der Waals surface area contributed by atoms with Crippen LogP contribution in [0, 0.1) is 11.8 Å². The molecule has 1 amide bonds. The van der Waals surface area contributed by atoms with E-state index >= 15 is 0 Å². The number of hydrogen-bond acceptors (Lipinski definition) is 4. The van der Waals surface area contributed by atoms with Gasteiger partial charge in [0.2, 0.25) is 10.0 Å². The van der Waals surface area contributed by atoms with Crippen molar-refractivity contribution in [3.8, 4) is 0 Å². The first-order valence-electron chi connectivity index (χ1n) is 9.72. The van der Waals surface area contributed by atoms with E-state index in [4.69, 9.17) is 0 Å². The lowest BCUT2D eigenvalue weighted by Crippen LogP contribution is -2.47. The van der Waals surface area contributed by atoms with Crippen LogP contribution in [0.2, 0.25) is 0 Å². The first-order valence-corrected chi connectivity index (χ1v) is 11.2. The number of rotatable bonds is 7. The maximum Gasteiger partial charge on any atom is 0.251 e. The summed E-state index contributed by atoms with van der Waals surface area (Å²) in [7, 11) is -3.54. The van der Waals surface area contributed by atoms with Gasteiger partial charge in [0.25, 0.3) is 5.91 Å². The summed E-state index contributed by atoms with van der Waals surface area (Å²) in [6.07, 6.45) is 1.26. The first kappa shape index (κ1) is 21.9. The Morgan fingerprint density at radius 1 is 1.11 bits per heavy atom. The van der Waals surface area contributed by atoms with Gasteiger partial charge in [0.15, 0.2) is 0 Å². The summed E-state index contributed by atoms with van der Waals surface area (Å²) in [5.74, 6) is 1.19. The Balaban J connectivity index is 1.93. The van der Waals surface area contributed by atoms with Crippen LogP contribution in [0.3, 0.4) is 0 Å². The van der Waals surface area contributed by atoms with Crippen LogP contribution in [-0.2, 0) is 10.0 Å². The molecule has 2 rings (SSSR count). The van der Waals surface area contributed by atoms with E-state index in [-0.39, 0.29) is 22.9 Å². The molecule has 1 fully saturated rings. The minimum absolute atomic E-state index is 0.0287. The Bertz CT molecular complexity index is 721. The van der Waals surface area contributed by atoms with Crippen molar-refractivity contribution in [2.75, 3.05) is 19.6 Å². The molecule has 2 N–H and O–H groups in total. The standard InChI is InChI=1S/C20H33N3O3S/c1-14(2)22-27(25,26)19-8-6-18(7-9-19)20(24)21-17(5)13-23-11-15(3)10-16(4)12-23/h6-9,14-17,22H,10-13H2,1-5H3,(H,21,24). The largest absolute Gasteiger partial charge is 0.348 e. The quantitative estimate of drug-likeness (QED) is 0.743. The molecule has 0 aromatic heterocycles. The Morgan fingerprint density at radius 2 is 1.67 bits per heavy atom. The second kappa shape index (κ2) is 9.17. The molecule has 1 aromatic rings. The highest BCUT2D eigenvalue weighted by molar-refractivity contribution is 7.89. The van der Waals surface area contributed by atoms with Gasteiger partial charge in [0, 0.05) is 37.3 Å². The molecule has 1 heterocycles. The number of nitrogens with one attached hydrogen (secondary N) is 2. The van der Waals surface area contributed by atoms with Crippen LogP contribution in [0.25, 0.3) is 0 Å². The van der Waals surface area contributed by atoms with Crippen molar-refractivity contribution in [2.45, 2.75) is 58.0 Å². The van der Waals surface area contributed by atoms with Gasteiger partial charge in [-0.05, 0) is 63.3 Å². The molecular weight excluding hydrogens is 362 g/mol. The molecule has 0 saturated carbocycles. The van der Waals surface area contributed by atoms with E-state index in [1.807, 2.05) is 6.92 Å². The summed E-state index contributed by atoms with van der Waals surface area (Å²) in [5.41, 5.74) is 0.464. The smallest absolute Gasteiger partial charge is 0.251 e. The second-order valence-corrected chi connectivity index (χ2v) is 10.1. The maximum atomic E-state index is 12.5. The highest BCUT2D eigenvalue weighted by Crippen LogP contribution is 2.21. The lowest BCUT2D eigenvalue weighted by molar-refractivity contribution is 0.0905. The van der Waals surface area contributed by atoms with Crippen LogP contribution in [0.5, 0.6) is 0 Å². The number of likely N-dealkylation sites (tertiary alicyclic amines) is 1. The molecule has 3 atom stereocenters. The summed E-state index contributed by atoms with van der Waals surface area (Å²) in [5, 5.41) is 3.02. The van der Waals surface area contributed by atoms with Crippen LogP contribution >= 0.6 is 0 Å². The van der Waals surface area contributed by atoms with Gasteiger partial charge in [-0.25, -0.2) is 13.1 Å². The number of nitrogens with zero attached hydrogens (tertiary/aromatic N) is 1. The molecule has 1 aromatic carbocycles. The van der Waals surface area contributed by atoms with Gasteiger partial charge >= 0.3 is 0 Å². The predicted octanol–water partition coefficient (Wildman–Crippen LogP) is 2.47. The number of carbonyl (C=O) groups is 1. The third-order valence-corrected chi connectivity index (χ3v) is 6.35. The third kappa shape index (κ3) is 6.59. The monoisotopic (exact) mass is 395 g/mol. The zero-order valence-electron chi connectivity index (χ0n) is 17.0. The van der Waals surface area contributed by atoms with Crippen LogP contribution < -0.4 is 10.0 Å². The van der Waals surface area contributed by atoms with Gasteiger partial charge in [0.05, 0.1) is 4.90 Å². The van der Waals surface area contributed by atoms with E-state index < -0.39 is 10.0 Å². The van der Waals surface area contributed by atoms with Crippen molar-refractivity contribution in [3.63, 3.8) is 0 Å². The average molecular weight is 396 g/mol. The van der Waals surface area contributed by atoms with E-state index in [9.17, 15) is 13.2 Å². The van der Waals surface area contributed by atoms with Crippen LogP contribution in [0.15, 0.2) is 29.2 Å². The van der Waals surface area contributed by atoms with Crippen LogP contribution in [-0.4, -0.2) is 50.9 Å². The fourth-order valence-corrected chi connectivity index (χ4v) is 5.10. The fourth-order valence-electron chi connectivity index (χ4n) is 3.84. The lowest BCUT2D eigenvalue weighted by Gasteiger charge is -2.36.